The van der Waals surface area contributed by atoms with Crippen LogP contribution in [0, 0.1) is 5.92 Å². The highest BCUT2D eigenvalue weighted by Crippen LogP contribution is 2.25. The summed E-state index contributed by atoms with van der Waals surface area (Å²) in [6.45, 7) is 0. The molecule has 1 aromatic rings. The minimum atomic E-state index is -0.0379. The molecule has 4 heteroatoms. The molecule has 1 aliphatic carbocycles. The van der Waals surface area contributed by atoms with E-state index in [4.69, 9.17) is 0 Å². The summed E-state index contributed by atoms with van der Waals surface area (Å²) in [5.41, 5.74) is 1.46. The second-order valence-corrected chi connectivity index (χ2v) is 4.54. The number of aldehydes is 2. The van der Waals surface area contributed by atoms with Crippen molar-refractivity contribution < 1.29 is 19.8 Å². The van der Waals surface area contributed by atoms with Gasteiger partial charge >= 0.3 is 0 Å². The van der Waals surface area contributed by atoms with Gasteiger partial charge in [-0.05, 0) is 42.5 Å². The van der Waals surface area contributed by atoms with Crippen LogP contribution >= 0.6 is 0 Å². The molecule has 0 aromatic heterocycles. The van der Waals surface area contributed by atoms with Crippen LogP contribution in [0.25, 0.3) is 0 Å². The average Bonchev–Trinajstić information content (AvgIpc) is 2.43. The number of allylic oxidation sites excluding steroid dienone is 3. The van der Waals surface area contributed by atoms with Crippen molar-refractivity contribution in [2.45, 2.75) is 12.8 Å². The predicted molar refractivity (Wildman–Crippen MR) is 70.2 cm³/mol. The number of phenolic OH excluding ortho intramolecular Hbond substituents is 1. The maximum Gasteiger partial charge on any atom is 0.153 e. The molecule has 19 heavy (non-hydrogen) atoms. The van der Waals surface area contributed by atoms with E-state index in [0.717, 1.165) is 5.56 Å². The van der Waals surface area contributed by atoms with Gasteiger partial charge in [0.05, 0.1) is 11.1 Å². The fourth-order valence-electron chi connectivity index (χ4n) is 2.16. The van der Waals surface area contributed by atoms with Gasteiger partial charge in [0.25, 0.3) is 0 Å². The van der Waals surface area contributed by atoms with Crippen LogP contribution in [0.4, 0.5) is 0 Å². The highest BCUT2D eigenvalue weighted by molar-refractivity contribution is 5.80. The van der Waals surface area contributed by atoms with Crippen LogP contribution in [0.5, 0.6) is 5.75 Å². The number of rotatable bonds is 4. The van der Waals surface area contributed by atoms with E-state index >= 15 is 0 Å². The Balaban J connectivity index is 2.16. The van der Waals surface area contributed by atoms with E-state index in [2.05, 4.69) is 0 Å². The lowest BCUT2D eigenvalue weighted by Crippen LogP contribution is -2.08. The number of phenols is 1. The van der Waals surface area contributed by atoms with Crippen molar-refractivity contribution in [2.24, 2.45) is 5.92 Å². The molecular weight excluding hydrogens is 244 g/mol. The maximum atomic E-state index is 10.8. The van der Waals surface area contributed by atoms with Crippen LogP contribution in [0.1, 0.15) is 22.3 Å². The van der Waals surface area contributed by atoms with E-state index in [9.17, 15) is 19.8 Å². The first kappa shape index (κ1) is 13.1. The van der Waals surface area contributed by atoms with Crippen molar-refractivity contribution in [2.75, 3.05) is 0 Å². The third-order valence-corrected chi connectivity index (χ3v) is 3.17. The number of aliphatic hydroxyl groups excluding tert-OH is 1. The summed E-state index contributed by atoms with van der Waals surface area (Å²) in [7, 11) is 0. The molecule has 0 aliphatic heterocycles. The summed E-state index contributed by atoms with van der Waals surface area (Å²) in [6.07, 6.45) is 5.87. The van der Waals surface area contributed by atoms with Crippen molar-refractivity contribution in [3.8, 4) is 5.75 Å². The number of aromatic hydroxyl groups is 1. The first-order valence-corrected chi connectivity index (χ1v) is 5.97. The number of hydrogen-bond donors (Lipinski definition) is 2. The molecule has 0 radical (unpaired) electrons. The fraction of sp³-hybridized carbons (Fsp3) is 0.200. The lowest BCUT2D eigenvalue weighted by Gasteiger charge is -2.16. The molecule has 0 saturated heterocycles. The highest BCUT2D eigenvalue weighted by atomic mass is 16.3. The summed E-state index contributed by atoms with van der Waals surface area (Å²) in [6, 6.07) is 4.86. The first-order valence-electron chi connectivity index (χ1n) is 5.97. The van der Waals surface area contributed by atoms with Crippen molar-refractivity contribution in [3.05, 3.63) is 52.8 Å². The number of aliphatic hydroxyl groups is 1. The molecule has 0 spiro atoms. The van der Waals surface area contributed by atoms with Gasteiger partial charge in [0.2, 0.25) is 0 Å². The van der Waals surface area contributed by atoms with Crippen LogP contribution in [-0.2, 0) is 11.2 Å². The highest BCUT2D eigenvalue weighted by Gasteiger charge is 2.15. The second-order valence-electron chi connectivity index (χ2n) is 4.54. The van der Waals surface area contributed by atoms with Gasteiger partial charge in [-0.3, -0.25) is 9.59 Å². The van der Waals surface area contributed by atoms with Gasteiger partial charge in [-0.25, -0.2) is 0 Å². The molecule has 2 N–H and O–H groups in total. The van der Waals surface area contributed by atoms with E-state index in [1.54, 1.807) is 24.3 Å². The van der Waals surface area contributed by atoms with E-state index in [0.29, 0.717) is 31.0 Å². The van der Waals surface area contributed by atoms with Crippen molar-refractivity contribution >= 4 is 12.6 Å². The molecule has 0 bridgehead atoms. The van der Waals surface area contributed by atoms with Gasteiger partial charge in [-0.2, -0.15) is 0 Å². The van der Waals surface area contributed by atoms with Crippen LogP contribution in [0.3, 0.4) is 0 Å². The van der Waals surface area contributed by atoms with Crippen LogP contribution in [0.2, 0.25) is 0 Å². The largest absolute Gasteiger partial charge is 0.508 e. The lowest BCUT2D eigenvalue weighted by atomic mass is 9.89. The van der Waals surface area contributed by atoms with Gasteiger partial charge in [-0.15, -0.1) is 0 Å². The Morgan fingerprint density at radius 3 is 2.68 bits per heavy atom. The molecule has 1 aromatic carbocycles. The molecule has 98 valence electrons. The minimum Gasteiger partial charge on any atom is -0.508 e. The Bertz CT molecular complexity index is 570. The van der Waals surface area contributed by atoms with Crippen molar-refractivity contribution in [1.82, 2.24) is 0 Å². The van der Waals surface area contributed by atoms with Crippen LogP contribution in [-0.4, -0.2) is 22.8 Å². The SMILES string of the molecule is O=CC1=CC(Cc2ccc(O)c(C=O)c2)CC=C1O. The summed E-state index contributed by atoms with van der Waals surface area (Å²) in [5.74, 6) is 0.0785. The topological polar surface area (TPSA) is 74.6 Å². The quantitative estimate of drug-likeness (QED) is 0.813. The van der Waals surface area contributed by atoms with E-state index < -0.39 is 0 Å². The van der Waals surface area contributed by atoms with Gasteiger partial charge in [-0.1, -0.05) is 12.1 Å². The van der Waals surface area contributed by atoms with Gasteiger partial charge in [0, 0.05) is 0 Å². The minimum absolute atomic E-state index is 0.0190. The molecule has 4 nitrogen and oxygen atoms in total. The summed E-state index contributed by atoms with van der Waals surface area (Å²) >= 11 is 0. The zero-order valence-corrected chi connectivity index (χ0v) is 10.2. The zero-order chi connectivity index (χ0) is 13.8. The first-order chi connectivity index (χ1) is 9.13. The Morgan fingerprint density at radius 1 is 1.21 bits per heavy atom. The molecule has 1 aliphatic rings. The van der Waals surface area contributed by atoms with Crippen LogP contribution < -0.4 is 0 Å². The fourth-order valence-corrected chi connectivity index (χ4v) is 2.16. The Kier molecular flexibility index (Phi) is 3.80. The normalized spacial score (nSPS) is 18.4. The van der Waals surface area contributed by atoms with Crippen LogP contribution in [0.15, 0.2) is 41.7 Å². The number of hydrogen-bond acceptors (Lipinski definition) is 4. The molecule has 0 saturated carbocycles. The Morgan fingerprint density at radius 2 is 2.00 bits per heavy atom. The monoisotopic (exact) mass is 258 g/mol. The molecule has 0 heterocycles. The molecule has 0 amide bonds. The smallest absolute Gasteiger partial charge is 0.153 e. The zero-order valence-electron chi connectivity index (χ0n) is 10.2. The van der Waals surface area contributed by atoms with Gasteiger partial charge in [0.15, 0.2) is 12.6 Å². The number of benzene rings is 1. The summed E-state index contributed by atoms with van der Waals surface area (Å²) in [5, 5.41) is 18.9. The average molecular weight is 258 g/mol. The molecule has 0 fully saturated rings. The van der Waals surface area contributed by atoms with Crippen molar-refractivity contribution in [3.63, 3.8) is 0 Å². The Labute approximate surface area is 110 Å². The third kappa shape index (κ3) is 2.91. The predicted octanol–water partition coefficient (Wildman–Crippen LogP) is 2.33. The third-order valence-electron chi connectivity index (χ3n) is 3.17. The molecule has 1 atom stereocenters. The molecular formula is C15H14O4. The van der Waals surface area contributed by atoms with E-state index in [1.165, 1.54) is 6.07 Å². The standard InChI is InChI=1S/C15H14O4/c16-8-12-6-10(1-3-14(12)18)5-11-2-4-15(19)13(7-11)9-17/h1,3-4,6-9,11,18-19H,2,5H2. The maximum absolute atomic E-state index is 10.8. The van der Waals surface area contributed by atoms with Gasteiger partial charge in [0.1, 0.15) is 11.5 Å². The molecule has 1 unspecified atom stereocenters. The Hall–Kier alpha value is -2.36. The molecule has 2 rings (SSSR count). The number of carbonyl (C=O) groups excluding carboxylic acids is 2. The van der Waals surface area contributed by atoms with E-state index in [1.807, 2.05) is 0 Å². The summed E-state index contributed by atoms with van der Waals surface area (Å²) in [4.78, 5) is 21.5. The van der Waals surface area contributed by atoms with E-state index in [-0.39, 0.29) is 23.0 Å². The van der Waals surface area contributed by atoms with Crippen molar-refractivity contribution in [1.29, 1.82) is 0 Å². The van der Waals surface area contributed by atoms with Gasteiger partial charge < -0.3 is 10.2 Å². The second kappa shape index (κ2) is 5.52. The number of carbonyl (C=O) groups is 2. The lowest BCUT2D eigenvalue weighted by molar-refractivity contribution is -0.105. The summed E-state index contributed by atoms with van der Waals surface area (Å²) < 4.78 is 0.